The van der Waals surface area contributed by atoms with Crippen molar-refractivity contribution in [2.45, 2.75) is 45.3 Å². The lowest BCUT2D eigenvalue weighted by atomic mass is 10.2. The first-order valence-corrected chi connectivity index (χ1v) is 7.74. The summed E-state index contributed by atoms with van der Waals surface area (Å²) in [5.74, 6) is 1.43. The topological polar surface area (TPSA) is 39.1 Å². The summed E-state index contributed by atoms with van der Waals surface area (Å²) in [6.45, 7) is 4.94. The normalized spacial score (nSPS) is 14.7. The quantitative estimate of drug-likeness (QED) is 0.871. The molecule has 0 amide bonds. The molecule has 112 valence electrons. The average molecular weight is 306 g/mol. The van der Waals surface area contributed by atoms with E-state index in [4.69, 9.17) is 16.3 Å². The standard InChI is InChI=1S/C16H20ClN3O/c1-11(2)20-10-14(9-19-20)21-16-12(4-3-5-15(16)17)8-18-13-6-7-13/h3-5,9-11,13,18H,6-8H2,1-2H3. The van der Waals surface area contributed by atoms with Crippen LogP contribution in [0.15, 0.2) is 30.6 Å². The van der Waals surface area contributed by atoms with E-state index in [1.54, 1.807) is 6.20 Å². The Balaban J connectivity index is 1.78. The van der Waals surface area contributed by atoms with Crippen LogP contribution in [0.3, 0.4) is 0 Å². The summed E-state index contributed by atoms with van der Waals surface area (Å²) in [5, 5.41) is 8.41. The van der Waals surface area contributed by atoms with E-state index in [9.17, 15) is 0 Å². The van der Waals surface area contributed by atoms with Crippen molar-refractivity contribution in [2.24, 2.45) is 0 Å². The molecule has 21 heavy (non-hydrogen) atoms. The zero-order chi connectivity index (χ0) is 14.8. The number of hydrogen-bond acceptors (Lipinski definition) is 3. The van der Waals surface area contributed by atoms with Gasteiger partial charge in [0.25, 0.3) is 0 Å². The Morgan fingerprint density at radius 2 is 2.24 bits per heavy atom. The molecular formula is C16H20ClN3O. The molecule has 1 aromatic carbocycles. The van der Waals surface area contributed by atoms with Gasteiger partial charge in [0.05, 0.1) is 17.4 Å². The fourth-order valence-corrected chi connectivity index (χ4v) is 2.36. The van der Waals surface area contributed by atoms with Gasteiger partial charge in [0.15, 0.2) is 11.5 Å². The molecule has 0 saturated heterocycles. The highest BCUT2D eigenvalue weighted by atomic mass is 35.5. The Hall–Kier alpha value is -1.52. The molecule has 0 radical (unpaired) electrons. The SMILES string of the molecule is CC(C)n1cc(Oc2c(Cl)cccc2CNC2CC2)cn1. The number of rotatable bonds is 6. The second kappa shape index (κ2) is 6.08. The highest BCUT2D eigenvalue weighted by Gasteiger charge is 2.21. The lowest BCUT2D eigenvalue weighted by Crippen LogP contribution is -2.15. The third-order valence-corrected chi connectivity index (χ3v) is 3.83. The second-order valence-corrected chi connectivity index (χ2v) is 6.14. The summed E-state index contributed by atoms with van der Waals surface area (Å²) >= 11 is 6.30. The first kappa shape index (κ1) is 14.4. The van der Waals surface area contributed by atoms with Crippen LogP contribution in [0.2, 0.25) is 5.02 Å². The van der Waals surface area contributed by atoms with Gasteiger partial charge in [0.2, 0.25) is 0 Å². The summed E-state index contributed by atoms with van der Waals surface area (Å²) in [6.07, 6.45) is 6.14. The lowest BCUT2D eigenvalue weighted by Gasteiger charge is -2.12. The molecule has 1 aliphatic carbocycles. The van der Waals surface area contributed by atoms with E-state index in [0.717, 1.165) is 17.9 Å². The Bertz CT molecular complexity index is 620. The predicted molar refractivity (Wildman–Crippen MR) is 84.0 cm³/mol. The molecule has 1 heterocycles. The summed E-state index contributed by atoms with van der Waals surface area (Å²) < 4.78 is 7.84. The second-order valence-electron chi connectivity index (χ2n) is 5.74. The molecule has 2 aromatic rings. The number of hydrogen-bond donors (Lipinski definition) is 1. The van der Waals surface area contributed by atoms with Crippen LogP contribution in [0.4, 0.5) is 0 Å². The van der Waals surface area contributed by atoms with Crippen molar-refractivity contribution in [2.75, 3.05) is 0 Å². The van der Waals surface area contributed by atoms with Crippen LogP contribution in [0.25, 0.3) is 0 Å². The van der Waals surface area contributed by atoms with Gasteiger partial charge in [0.1, 0.15) is 0 Å². The fraction of sp³-hybridized carbons (Fsp3) is 0.438. The minimum absolute atomic E-state index is 0.310. The maximum atomic E-state index is 6.30. The van der Waals surface area contributed by atoms with Gasteiger partial charge in [-0.2, -0.15) is 5.10 Å². The first-order chi connectivity index (χ1) is 10.1. The molecule has 0 unspecified atom stereocenters. The smallest absolute Gasteiger partial charge is 0.165 e. The maximum absolute atomic E-state index is 6.30. The monoisotopic (exact) mass is 305 g/mol. The Kier molecular flexibility index (Phi) is 4.17. The van der Waals surface area contributed by atoms with Gasteiger partial charge in [-0.15, -0.1) is 0 Å². The third kappa shape index (κ3) is 3.57. The zero-order valence-electron chi connectivity index (χ0n) is 12.3. The number of para-hydroxylation sites is 1. The molecule has 0 aliphatic heterocycles. The first-order valence-electron chi connectivity index (χ1n) is 7.36. The van der Waals surface area contributed by atoms with Gasteiger partial charge in [-0.3, -0.25) is 4.68 Å². The van der Waals surface area contributed by atoms with E-state index in [1.165, 1.54) is 12.8 Å². The Morgan fingerprint density at radius 3 is 2.90 bits per heavy atom. The van der Waals surface area contributed by atoms with Crippen molar-refractivity contribution in [3.63, 3.8) is 0 Å². The van der Waals surface area contributed by atoms with Crippen molar-refractivity contribution in [3.8, 4) is 11.5 Å². The molecule has 1 N–H and O–H groups in total. The van der Waals surface area contributed by atoms with E-state index in [0.29, 0.717) is 22.9 Å². The van der Waals surface area contributed by atoms with Crippen LogP contribution in [0, 0.1) is 0 Å². The number of halogens is 1. The molecular weight excluding hydrogens is 286 g/mol. The summed E-state index contributed by atoms with van der Waals surface area (Å²) in [5.41, 5.74) is 1.08. The number of ether oxygens (including phenoxy) is 1. The van der Waals surface area contributed by atoms with Gasteiger partial charge in [-0.1, -0.05) is 23.7 Å². The number of aromatic nitrogens is 2. The molecule has 3 rings (SSSR count). The van der Waals surface area contributed by atoms with Crippen LogP contribution in [-0.4, -0.2) is 15.8 Å². The highest BCUT2D eigenvalue weighted by Crippen LogP contribution is 2.33. The van der Waals surface area contributed by atoms with Crippen molar-refractivity contribution in [3.05, 3.63) is 41.2 Å². The highest BCUT2D eigenvalue weighted by molar-refractivity contribution is 6.32. The van der Waals surface area contributed by atoms with Crippen molar-refractivity contribution >= 4 is 11.6 Å². The summed E-state index contributed by atoms with van der Waals surface area (Å²) in [6, 6.07) is 6.81. The minimum atomic E-state index is 0.310. The van der Waals surface area contributed by atoms with Gasteiger partial charge in [0, 0.05) is 24.2 Å². The van der Waals surface area contributed by atoms with E-state index >= 15 is 0 Å². The van der Waals surface area contributed by atoms with Crippen LogP contribution >= 0.6 is 11.6 Å². The summed E-state index contributed by atoms with van der Waals surface area (Å²) in [7, 11) is 0. The maximum Gasteiger partial charge on any atom is 0.165 e. The molecule has 1 fully saturated rings. The third-order valence-electron chi connectivity index (χ3n) is 3.53. The number of nitrogens with zero attached hydrogens (tertiary/aromatic N) is 2. The average Bonchev–Trinajstić information content (AvgIpc) is 3.16. The van der Waals surface area contributed by atoms with Crippen LogP contribution < -0.4 is 10.1 Å². The molecule has 4 nitrogen and oxygen atoms in total. The van der Waals surface area contributed by atoms with Crippen molar-refractivity contribution in [1.29, 1.82) is 0 Å². The van der Waals surface area contributed by atoms with Gasteiger partial charge >= 0.3 is 0 Å². The number of nitrogens with one attached hydrogen (secondary N) is 1. The van der Waals surface area contributed by atoms with E-state index in [2.05, 4.69) is 24.3 Å². The molecule has 0 bridgehead atoms. The molecule has 0 atom stereocenters. The largest absolute Gasteiger partial charge is 0.452 e. The fourth-order valence-electron chi connectivity index (χ4n) is 2.12. The lowest BCUT2D eigenvalue weighted by molar-refractivity contribution is 0.468. The van der Waals surface area contributed by atoms with Gasteiger partial charge in [-0.25, -0.2) is 0 Å². The predicted octanol–water partition coefficient (Wildman–Crippen LogP) is 4.16. The van der Waals surface area contributed by atoms with Crippen molar-refractivity contribution in [1.82, 2.24) is 15.1 Å². The molecule has 1 saturated carbocycles. The molecule has 5 heteroatoms. The zero-order valence-corrected chi connectivity index (χ0v) is 13.1. The van der Waals surface area contributed by atoms with E-state index < -0.39 is 0 Å². The Morgan fingerprint density at radius 1 is 1.43 bits per heavy atom. The molecule has 1 aliphatic rings. The van der Waals surface area contributed by atoms with Crippen LogP contribution in [0.5, 0.6) is 11.5 Å². The van der Waals surface area contributed by atoms with E-state index in [1.807, 2.05) is 29.1 Å². The minimum Gasteiger partial charge on any atom is -0.452 e. The van der Waals surface area contributed by atoms with Crippen molar-refractivity contribution < 1.29 is 4.74 Å². The number of benzene rings is 1. The van der Waals surface area contributed by atoms with E-state index in [-0.39, 0.29) is 0 Å². The van der Waals surface area contributed by atoms with Gasteiger partial charge in [-0.05, 0) is 32.8 Å². The van der Waals surface area contributed by atoms with Crippen LogP contribution in [0.1, 0.15) is 38.3 Å². The Labute approximate surface area is 130 Å². The summed E-state index contributed by atoms with van der Waals surface area (Å²) in [4.78, 5) is 0. The van der Waals surface area contributed by atoms with Crippen LogP contribution in [-0.2, 0) is 6.54 Å². The molecule has 0 spiro atoms. The molecule has 1 aromatic heterocycles. The van der Waals surface area contributed by atoms with Gasteiger partial charge < -0.3 is 10.1 Å².